The van der Waals surface area contributed by atoms with Crippen LogP contribution in [0.4, 0.5) is 16.2 Å². The van der Waals surface area contributed by atoms with Crippen molar-refractivity contribution in [3.05, 3.63) is 46.4 Å². The van der Waals surface area contributed by atoms with E-state index in [9.17, 15) is 9.18 Å². The van der Waals surface area contributed by atoms with E-state index in [0.29, 0.717) is 38.2 Å². The number of piperazine rings is 1. The molecule has 1 aliphatic carbocycles. The molecule has 4 rings (SSSR count). The van der Waals surface area contributed by atoms with Crippen LogP contribution in [0.1, 0.15) is 48.2 Å². The highest BCUT2D eigenvalue weighted by molar-refractivity contribution is 6.33. The number of benzene rings is 1. The topological polar surface area (TPSA) is 61.4 Å². The monoisotopic (exact) mass is 431 g/mol. The van der Waals surface area contributed by atoms with Crippen LogP contribution in [0.5, 0.6) is 0 Å². The number of carbonyl (C=O) groups excluding carboxylic acids is 1. The highest BCUT2D eigenvalue weighted by atomic mass is 35.5. The van der Waals surface area contributed by atoms with Gasteiger partial charge in [0.1, 0.15) is 11.6 Å². The number of halogens is 2. The summed E-state index contributed by atoms with van der Waals surface area (Å²) < 4.78 is 14.1. The molecule has 2 aliphatic rings. The van der Waals surface area contributed by atoms with E-state index in [1.54, 1.807) is 11.0 Å². The molecule has 1 saturated heterocycles. The van der Waals surface area contributed by atoms with E-state index in [-0.39, 0.29) is 16.5 Å². The first kappa shape index (κ1) is 20.8. The van der Waals surface area contributed by atoms with Gasteiger partial charge in [0.25, 0.3) is 5.91 Å². The Morgan fingerprint density at radius 2 is 1.87 bits per heavy atom. The number of nitrogens with one attached hydrogen (secondary N) is 1. The molecule has 0 unspecified atom stereocenters. The Hall–Kier alpha value is -2.41. The Morgan fingerprint density at radius 3 is 2.57 bits per heavy atom. The zero-order chi connectivity index (χ0) is 21.1. The summed E-state index contributed by atoms with van der Waals surface area (Å²) in [6, 6.07) is 6.71. The van der Waals surface area contributed by atoms with Crippen LogP contribution in [0.25, 0.3) is 0 Å². The number of nitrogens with zero attached hydrogens (tertiary/aromatic N) is 4. The van der Waals surface area contributed by atoms with E-state index in [1.807, 2.05) is 13.0 Å². The molecule has 1 N–H and O–H groups in total. The molecule has 1 amide bonds. The number of hydrogen-bond acceptors (Lipinski definition) is 5. The lowest BCUT2D eigenvalue weighted by Crippen LogP contribution is -2.49. The van der Waals surface area contributed by atoms with Crippen molar-refractivity contribution in [3.8, 4) is 0 Å². The largest absolute Gasteiger partial charge is 0.353 e. The summed E-state index contributed by atoms with van der Waals surface area (Å²) >= 11 is 6.06. The summed E-state index contributed by atoms with van der Waals surface area (Å²) in [7, 11) is 0. The fourth-order valence-electron chi connectivity index (χ4n) is 4.21. The minimum absolute atomic E-state index is 0.0514. The minimum atomic E-state index is -0.584. The van der Waals surface area contributed by atoms with Gasteiger partial charge in [0.15, 0.2) is 0 Å². The Balaban J connectivity index is 1.42. The van der Waals surface area contributed by atoms with Gasteiger partial charge in [0.2, 0.25) is 5.95 Å². The summed E-state index contributed by atoms with van der Waals surface area (Å²) in [6.07, 6.45) is 6.12. The summed E-state index contributed by atoms with van der Waals surface area (Å²) in [5, 5.41) is 3.64. The second-order valence-electron chi connectivity index (χ2n) is 8.05. The first-order chi connectivity index (χ1) is 14.5. The molecule has 160 valence electrons. The zero-order valence-electron chi connectivity index (χ0n) is 17.2. The van der Waals surface area contributed by atoms with E-state index in [4.69, 9.17) is 16.6 Å². The molecule has 1 aliphatic heterocycles. The lowest BCUT2D eigenvalue weighted by Gasteiger charge is -2.36. The van der Waals surface area contributed by atoms with Crippen molar-refractivity contribution in [2.45, 2.75) is 45.1 Å². The smallest absolute Gasteiger partial charge is 0.258 e. The lowest BCUT2D eigenvalue weighted by molar-refractivity contribution is 0.0742. The number of rotatable bonds is 4. The predicted octanol–water partition coefficient (Wildman–Crippen LogP) is 4.28. The van der Waals surface area contributed by atoms with Crippen LogP contribution in [0.3, 0.4) is 0 Å². The number of aromatic nitrogens is 2. The molecule has 2 heterocycles. The molecule has 1 saturated carbocycles. The van der Waals surface area contributed by atoms with Gasteiger partial charge in [0.05, 0.1) is 10.6 Å². The molecule has 2 aromatic rings. The fourth-order valence-corrected chi connectivity index (χ4v) is 4.45. The Kier molecular flexibility index (Phi) is 6.37. The first-order valence-corrected chi connectivity index (χ1v) is 11.0. The van der Waals surface area contributed by atoms with Crippen LogP contribution in [0.15, 0.2) is 24.3 Å². The Morgan fingerprint density at radius 1 is 1.13 bits per heavy atom. The summed E-state index contributed by atoms with van der Waals surface area (Å²) in [6.45, 7) is 4.18. The van der Waals surface area contributed by atoms with Gasteiger partial charge in [-0.15, -0.1) is 0 Å². The second-order valence-corrected chi connectivity index (χ2v) is 8.45. The maximum Gasteiger partial charge on any atom is 0.258 e. The van der Waals surface area contributed by atoms with Crippen molar-refractivity contribution >= 4 is 29.3 Å². The van der Waals surface area contributed by atoms with Crippen LogP contribution in [-0.2, 0) is 0 Å². The van der Waals surface area contributed by atoms with E-state index in [1.165, 1.54) is 31.4 Å². The molecule has 1 aromatic carbocycles. The molecular weight excluding hydrogens is 405 g/mol. The Labute approximate surface area is 181 Å². The van der Waals surface area contributed by atoms with Crippen LogP contribution in [-0.4, -0.2) is 53.0 Å². The fraction of sp³-hybridized carbons (Fsp3) is 0.500. The number of aryl methyl sites for hydroxylation is 1. The average molecular weight is 432 g/mol. The quantitative estimate of drug-likeness (QED) is 0.782. The molecule has 30 heavy (non-hydrogen) atoms. The standard InChI is InChI=1S/C22H27ClFN5O/c1-15-14-19(27-22(25-15)26-16-6-3-2-4-7-16)28-10-12-29(13-11-28)21(30)20-17(23)8-5-9-18(20)24/h5,8-9,14,16H,2-4,6-7,10-13H2,1H3,(H,25,26,27). The van der Waals surface area contributed by atoms with Gasteiger partial charge < -0.3 is 15.1 Å². The van der Waals surface area contributed by atoms with Crippen molar-refractivity contribution in [2.75, 3.05) is 36.4 Å². The van der Waals surface area contributed by atoms with Crippen LogP contribution in [0, 0.1) is 12.7 Å². The lowest BCUT2D eigenvalue weighted by atomic mass is 9.96. The molecule has 0 radical (unpaired) electrons. The van der Waals surface area contributed by atoms with E-state index in [0.717, 1.165) is 24.4 Å². The third-order valence-electron chi connectivity index (χ3n) is 5.85. The highest BCUT2D eigenvalue weighted by Crippen LogP contribution is 2.24. The van der Waals surface area contributed by atoms with Gasteiger partial charge in [-0.2, -0.15) is 4.98 Å². The molecule has 6 nitrogen and oxygen atoms in total. The van der Waals surface area contributed by atoms with E-state index in [2.05, 4.69) is 15.2 Å². The van der Waals surface area contributed by atoms with Gasteiger partial charge in [0, 0.05) is 44.0 Å². The van der Waals surface area contributed by atoms with Crippen LogP contribution < -0.4 is 10.2 Å². The average Bonchev–Trinajstić information content (AvgIpc) is 2.74. The van der Waals surface area contributed by atoms with Crippen molar-refractivity contribution in [3.63, 3.8) is 0 Å². The van der Waals surface area contributed by atoms with E-state index < -0.39 is 5.82 Å². The first-order valence-electron chi connectivity index (χ1n) is 10.6. The normalized spacial score (nSPS) is 17.8. The van der Waals surface area contributed by atoms with Crippen molar-refractivity contribution in [2.24, 2.45) is 0 Å². The molecule has 1 aromatic heterocycles. The van der Waals surface area contributed by atoms with Crippen molar-refractivity contribution in [1.82, 2.24) is 14.9 Å². The summed E-state index contributed by atoms with van der Waals surface area (Å²) in [5.41, 5.74) is 0.861. The summed E-state index contributed by atoms with van der Waals surface area (Å²) in [5.74, 6) is 0.585. The third-order valence-corrected chi connectivity index (χ3v) is 6.16. The molecular formula is C22H27ClFN5O. The number of hydrogen-bond donors (Lipinski definition) is 1. The highest BCUT2D eigenvalue weighted by Gasteiger charge is 2.27. The number of anilines is 2. The molecule has 2 fully saturated rings. The van der Waals surface area contributed by atoms with Gasteiger partial charge in [-0.1, -0.05) is 36.9 Å². The second kappa shape index (κ2) is 9.16. The Bertz CT molecular complexity index is 890. The summed E-state index contributed by atoms with van der Waals surface area (Å²) in [4.78, 5) is 25.8. The number of amides is 1. The van der Waals surface area contributed by atoms with Gasteiger partial charge in [-0.25, -0.2) is 9.37 Å². The van der Waals surface area contributed by atoms with E-state index >= 15 is 0 Å². The van der Waals surface area contributed by atoms with Crippen molar-refractivity contribution < 1.29 is 9.18 Å². The van der Waals surface area contributed by atoms with Gasteiger partial charge in [-0.05, 0) is 31.9 Å². The molecule has 8 heteroatoms. The minimum Gasteiger partial charge on any atom is -0.353 e. The van der Waals surface area contributed by atoms with Gasteiger partial charge >= 0.3 is 0 Å². The van der Waals surface area contributed by atoms with Crippen LogP contribution >= 0.6 is 11.6 Å². The SMILES string of the molecule is Cc1cc(N2CCN(C(=O)c3c(F)cccc3Cl)CC2)nc(NC2CCCCC2)n1. The maximum atomic E-state index is 14.1. The molecule has 0 atom stereocenters. The van der Waals surface area contributed by atoms with Gasteiger partial charge in [-0.3, -0.25) is 4.79 Å². The van der Waals surface area contributed by atoms with Crippen molar-refractivity contribution in [1.29, 1.82) is 0 Å². The van der Waals surface area contributed by atoms with Crippen LogP contribution in [0.2, 0.25) is 5.02 Å². The molecule has 0 bridgehead atoms. The predicted molar refractivity (Wildman–Crippen MR) is 117 cm³/mol. The number of carbonyl (C=O) groups is 1. The molecule has 0 spiro atoms. The zero-order valence-corrected chi connectivity index (χ0v) is 18.0. The third kappa shape index (κ3) is 4.67. The maximum absolute atomic E-state index is 14.1.